The van der Waals surface area contributed by atoms with Crippen LogP contribution in [0.1, 0.15) is 59.3 Å². The molecule has 0 N–H and O–H groups in total. The normalized spacial score (nSPS) is 11.1. The predicted molar refractivity (Wildman–Crippen MR) is 83.8 cm³/mol. The van der Waals surface area contributed by atoms with Crippen molar-refractivity contribution in [3.05, 3.63) is 0 Å². The molecule has 0 amide bonds. The fraction of sp³-hybridized carbons (Fsp3) is 1.00. The fourth-order valence-electron chi connectivity index (χ4n) is 1.48. The summed E-state index contributed by atoms with van der Waals surface area (Å²) in [4.78, 5) is 0. The summed E-state index contributed by atoms with van der Waals surface area (Å²) in [6.07, 6.45) is 13.2. The van der Waals surface area contributed by atoms with Gasteiger partial charge in [0, 0.05) is 0 Å². The number of rotatable bonds is 9. The minimum atomic E-state index is -1.75. The maximum atomic E-state index is 4.95. The van der Waals surface area contributed by atoms with Crippen LogP contribution in [-0.4, -0.2) is 18.5 Å². The van der Waals surface area contributed by atoms with Gasteiger partial charge in [-0.25, -0.2) is 0 Å². The van der Waals surface area contributed by atoms with Gasteiger partial charge in [-0.2, -0.15) is 0 Å². The number of hydrogen-bond acceptors (Lipinski definition) is 0. The fourth-order valence-corrected chi connectivity index (χ4v) is 4.44. The summed E-state index contributed by atoms with van der Waals surface area (Å²) in [6.45, 7) is 6.94. The Hall–Kier alpha value is 1.92. The molecule has 5 heteroatoms. The van der Waals surface area contributed by atoms with Crippen molar-refractivity contribution >= 4 is 37.0 Å². The van der Waals surface area contributed by atoms with Gasteiger partial charge in [-0.1, -0.05) is 40.0 Å². The number of hydrogen-bond donors (Lipinski definition) is 0. The van der Waals surface area contributed by atoms with Gasteiger partial charge >= 0.3 is 42.1 Å². The third kappa shape index (κ3) is 23.4. The summed E-state index contributed by atoms with van der Waals surface area (Å²) in [5.74, 6) is 0. The molecule has 0 atom stereocenters. The molecule has 0 aliphatic rings. The van der Waals surface area contributed by atoms with E-state index in [2.05, 4.69) is 20.8 Å². The quantitative estimate of drug-likeness (QED) is 0.286. The van der Waals surface area contributed by atoms with Crippen LogP contribution in [0.2, 0.25) is 0 Å². The Morgan fingerprint density at radius 3 is 1.12 bits per heavy atom. The average Bonchev–Trinajstić information content (AvgIpc) is 2.27. The number of halogens is 3. The van der Waals surface area contributed by atoms with E-state index in [1.165, 1.54) is 38.5 Å². The number of unbranched alkanes of at least 4 members (excludes halogenated alkanes) is 3. The van der Waals surface area contributed by atoms with E-state index in [9.17, 15) is 0 Å². The van der Waals surface area contributed by atoms with E-state index in [1.807, 2.05) is 0 Å². The van der Waals surface area contributed by atoms with Crippen LogP contribution in [0.3, 0.4) is 0 Å². The molecule has 0 nitrogen and oxygen atoms in total. The molecule has 0 spiro atoms. The standard InChI is InChI=1S/C12H27P.3ClH.Ru/c1-4-7-10-13(11-8-5-2)12-9-6-3;;;;/h4-12H2,1-3H3;3*1H;/q;;;;+3/p-3. The summed E-state index contributed by atoms with van der Waals surface area (Å²) >= 11 is -1.75. The van der Waals surface area contributed by atoms with Crippen molar-refractivity contribution in [2.75, 3.05) is 18.5 Å². The van der Waals surface area contributed by atoms with Crippen LogP contribution >= 0.6 is 37.0 Å². The van der Waals surface area contributed by atoms with Crippen LogP contribution in [0.5, 0.6) is 0 Å². The molecule has 0 aromatic heterocycles. The Morgan fingerprint density at radius 2 is 0.941 bits per heavy atom. The summed E-state index contributed by atoms with van der Waals surface area (Å²) in [6, 6.07) is 0. The summed E-state index contributed by atoms with van der Waals surface area (Å²) in [5, 5.41) is 0. The molecule has 0 aliphatic carbocycles. The van der Waals surface area contributed by atoms with Crippen molar-refractivity contribution in [1.29, 1.82) is 0 Å². The molecule has 0 rings (SSSR count). The zero-order chi connectivity index (χ0) is 13.5. The third-order valence-corrected chi connectivity index (χ3v) is 5.33. The van der Waals surface area contributed by atoms with Gasteiger partial charge in [0.05, 0.1) is 0 Å². The SMILES string of the molecule is CCCCP(CCCC)CCCC.[Cl][Ru]([Cl])[Cl]. The molecule has 17 heavy (non-hydrogen) atoms. The van der Waals surface area contributed by atoms with Gasteiger partial charge in [0.15, 0.2) is 0 Å². The molecule has 0 aliphatic heterocycles. The molecule has 0 aromatic rings. The van der Waals surface area contributed by atoms with Gasteiger partial charge in [0.25, 0.3) is 0 Å². The molecule has 0 saturated heterocycles. The van der Waals surface area contributed by atoms with E-state index < -0.39 is 13.0 Å². The Kier molecular flexibility index (Phi) is 22.4. The molecule has 0 fully saturated rings. The zero-order valence-electron chi connectivity index (χ0n) is 11.3. The van der Waals surface area contributed by atoms with E-state index in [0.717, 1.165) is 0 Å². The van der Waals surface area contributed by atoms with Gasteiger partial charge in [-0.05, 0) is 37.7 Å². The van der Waals surface area contributed by atoms with Gasteiger partial charge in [-0.3, -0.25) is 0 Å². The Morgan fingerprint density at radius 1 is 0.706 bits per heavy atom. The van der Waals surface area contributed by atoms with Crippen LogP contribution in [0.25, 0.3) is 0 Å². The van der Waals surface area contributed by atoms with E-state index in [-0.39, 0.29) is 0 Å². The first-order valence-electron chi connectivity index (χ1n) is 6.47. The Bertz CT molecular complexity index is 115. The molecule has 0 bridgehead atoms. The van der Waals surface area contributed by atoms with E-state index in [4.69, 9.17) is 29.1 Å². The molecule has 109 valence electrons. The molecule has 0 heterocycles. The van der Waals surface area contributed by atoms with Gasteiger partial charge in [0.1, 0.15) is 0 Å². The molecular formula is C12H27Cl3PRu. The van der Waals surface area contributed by atoms with Crippen LogP contribution in [0, 0.1) is 0 Å². The molecule has 0 radical (unpaired) electrons. The maximum absolute atomic E-state index is 4.95. The molecular weight excluding hydrogens is 383 g/mol. The third-order valence-electron chi connectivity index (χ3n) is 2.48. The first kappa shape index (κ1) is 21.2. The predicted octanol–water partition coefficient (Wildman–Crippen LogP) is 6.93. The summed E-state index contributed by atoms with van der Waals surface area (Å²) in [7, 11) is 15.3. The van der Waals surface area contributed by atoms with Crippen molar-refractivity contribution in [3.63, 3.8) is 0 Å². The van der Waals surface area contributed by atoms with Gasteiger partial charge < -0.3 is 0 Å². The van der Waals surface area contributed by atoms with Crippen LogP contribution in [0.4, 0.5) is 0 Å². The van der Waals surface area contributed by atoms with Gasteiger partial charge in [0.2, 0.25) is 0 Å². The van der Waals surface area contributed by atoms with Crippen LogP contribution in [0.15, 0.2) is 0 Å². The van der Waals surface area contributed by atoms with Crippen molar-refractivity contribution in [2.24, 2.45) is 0 Å². The van der Waals surface area contributed by atoms with Crippen LogP contribution < -0.4 is 0 Å². The Balaban J connectivity index is 0. The average molecular weight is 410 g/mol. The van der Waals surface area contributed by atoms with Crippen molar-refractivity contribution in [1.82, 2.24) is 0 Å². The van der Waals surface area contributed by atoms with Crippen LogP contribution in [-0.2, 0) is 13.0 Å². The molecule has 0 unspecified atom stereocenters. The summed E-state index contributed by atoms with van der Waals surface area (Å²) < 4.78 is 0. The van der Waals surface area contributed by atoms with Gasteiger partial charge in [-0.15, -0.1) is 7.92 Å². The second kappa shape index (κ2) is 17.9. The van der Waals surface area contributed by atoms with E-state index in [0.29, 0.717) is 7.92 Å². The molecule has 0 aromatic carbocycles. The first-order chi connectivity index (χ1) is 8.08. The van der Waals surface area contributed by atoms with Crippen molar-refractivity contribution < 1.29 is 13.0 Å². The minimum absolute atomic E-state index is 0.422. The molecule has 0 saturated carbocycles. The van der Waals surface area contributed by atoms with Crippen molar-refractivity contribution in [2.45, 2.75) is 59.3 Å². The van der Waals surface area contributed by atoms with Crippen molar-refractivity contribution in [3.8, 4) is 0 Å². The van der Waals surface area contributed by atoms with E-state index >= 15 is 0 Å². The van der Waals surface area contributed by atoms with E-state index in [1.54, 1.807) is 18.5 Å². The monoisotopic (exact) mass is 409 g/mol. The Labute approximate surface area is 127 Å². The summed E-state index contributed by atoms with van der Waals surface area (Å²) in [5.41, 5.74) is 0. The second-order valence-corrected chi connectivity index (χ2v) is 14.7. The second-order valence-electron chi connectivity index (χ2n) is 4.05. The first-order valence-corrected chi connectivity index (χ1v) is 15.1. The zero-order valence-corrected chi connectivity index (χ0v) is 16.2. The topological polar surface area (TPSA) is 0 Å².